The molecule has 2 rings (SSSR count). The summed E-state index contributed by atoms with van der Waals surface area (Å²) in [6, 6.07) is 5.61. The van der Waals surface area contributed by atoms with Gasteiger partial charge >= 0.3 is 0 Å². The van der Waals surface area contributed by atoms with Crippen LogP contribution in [-0.2, 0) is 16.8 Å². The van der Waals surface area contributed by atoms with E-state index in [0.717, 1.165) is 16.8 Å². The molecule has 0 radical (unpaired) electrons. The molecule has 0 spiro atoms. The Bertz CT molecular complexity index is 391. The Morgan fingerprint density at radius 2 is 2.14 bits per heavy atom. The molecule has 0 atom stereocenters. The van der Waals surface area contributed by atoms with Crippen LogP contribution in [0.1, 0.15) is 25.0 Å². The molecular weight excluding hydrogens is 178 g/mol. The summed E-state index contributed by atoms with van der Waals surface area (Å²) in [7, 11) is 0. The summed E-state index contributed by atoms with van der Waals surface area (Å²) in [6.07, 6.45) is 0.416. The van der Waals surface area contributed by atoms with E-state index in [0.29, 0.717) is 6.42 Å². The molecule has 0 saturated carbocycles. The van der Waals surface area contributed by atoms with E-state index in [1.165, 1.54) is 0 Å². The van der Waals surface area contributed by atoms with Crippen molar-refractivity contribution in [3.05, 3.63) is 29.3 Å². The average Bonchev–Trinajstić information content (AvgIpc) is 2.41. The molecule has 0 aromatic heterocycles. The smallest absolute Gasteiger partial charge is 0.228 e. The zero-order valence-corrected chi connectivity index (χ0v) is 8.29. The van der Waals surface area contributed by atoms with Crippen LogP contribution in [0.5, 0.6) is 0 Å². The zero-order chi connectivity index (χ0) is 10.3. The Labute approximate surface area is 82.8 Å². The van der Waals surface area contributed by atoms with E-state index < -0.39 is 5.60 Å². The monoisotopic (exact) mass is 191 g/mol. The van der Waals surface area contributed by atoms with E-state index in [9.17, 15) is 9.90 Å². The second-order valence-corrected chi connectivity index (χ2v) is 4.12. The van der Waals surface area contributed by atoms with Crippen LogP contribution in [0.3, 0.4) is 0 Å². The first-order chi connectivity index (χ1) is 6.48. The van der Waals surface area contributed by atoms with Crippen LogP contribution in [0, 0.1) is 0 Å². The fraction of sp³-hybridized carbons (Fsp3) is 0.364. The molecular formula is C11H13NO2. The number of aliphatic hydroxyl groups is 1. The lowest BCUT2D eigenvalue weighted by Crippen LogP contribution is -2.17. The summed E-state index contributed by atoms with van der Waals surface area (Å²) in [6.45, 7) is 3.43. The van der Waals surface area contributed by atoms with Gasteiger partial charge in [-0.2, -0.15) is 0 Å². The highest BCUT2D eigenvalue weighted by molar-refractivity contribution is 6.00. The molecule has 0 unspecified atom stereocenters. The number of carbonyl (C=O) groups excluding carboxylic acids is 1. The van der Waals surface area contributed by atoms with Crippen LogP contribution in [0.2, 0.25) is 0 Å². The van der Waals surface area contributed by atoms with Gasteiger partial charge in [-0.1, -0.05) is 18.2 Å². The normalized spacial score (nSPS) is 15.2. The van der Waals surface area contributed by atoms with E-state index in [1.54, 1.807) is 13.8 Å². The number of para-hydroxylation sites is 1. The highest BCUT2D eigenvalue weighted by Gasteiger charge is 2.26. The lowest BCUT2D eigenvalue weighted by molar-refractivity contribution is -0.115. The molecule has 0 aliphatic carbocycles. The first kappa shape index (κ1) is 9.21. The lowest BCUT2D eigenvalue weighted by Gasteiger charge is -2.20. The van der Waals surface area contributed by atoms with E-state index in [1.807, 2.05) is 18.2 Å². The van der Waals surface area contributed by atoms with Crippen molar-refractivity contribution in [3.63, 3.8) is 0 Å². The van der Waals surface area contributed by atoms with Crippen molar-refractivity contribution >= 4 is 11.6 Å². The minimum Gasteiger partial charge on any atom is -0.386 e. The van der Waals surface area contributed by atoms with Crippen LogP contribution in [0.25, 0.3) is 0 Å². The number of nitrogens with one attached hydrogen (secondary N) is 1. The minimum absolute atomic E-state index is 0.00306. The number of hydrogen-bond donors (Lipinski definition) is 2. The van der Waals surface area contributed by atoms with Crippen LogP contribution in [0.15, 0.2) is 18.2 Å². The second-order valence-electron chi connectivity index (χ2n) is 4.12. The second kappa shape index (κ2) is 2.82. The molecule has 2 N–H and O–H groups in total. The van der Waals surface area contributed by atoms with Gasteiger partial charge in [0.2, 0.25) is 5.91 Å². The van der Waals surface area contributed by atoms with E-state index in [2.05, 4.69) is 5.32 Å². The maximum absolute atomic E-state index is 11.2. The molecule has 1 heterocycles. The summed E-state index contributed by atoms with van der Waals surface area (Å²) in [5.74, 6) is -0.00306. The van der Waals surface area contributed by atoms with Gasteiger partial charge in [-0.25, -0.2) is 0 Å². The van der Waals surface area contributed by atoms with E-state index >= 15 is 0 Å². The number of carbonyl (C=O) groups is 1. The number of fused-ring (bicyclic) bond motifs is 1. The number of anilines is 1. The third-order valence-electron chi connectivity index (χ3n) is 2.43. The van der Waals surface area contributed by atoms with Crippen LogP contribution in [0.4, 0.5) is 5.69 Å². The van der Waals surface area contributed by atoms with Crippen molar-refractivity contribution in [2.24, 2.45) is 0 Å². The third kappa shape index (κ3) is 1.40. The Morgan fingerprint density at radius 3 is 2.79 bits per heavy atom. The van der Waals surface area contributed by atoms with Crippen molar-refractivity contribution in [1.29, 1.82) is 0 Å². The van der Waals surface area contributed by atoms with Gasteiger partial charge < -0.3 is 10.4 Å². The van der Waals surface area contributed by atoms with Crippen molar-refractivity contribution in [3.8, 4) is 0 Å². The van der Waals surface area contributed by atoms with Gasteiger partial charge in [-0.3, -0.25) is 4.79 Å². The first-order valence-electron chi connectivity index (χ1n) is 4.63. The van der Waals surface area contributed by atoms with Crippen molar-refractivity contribution in [1.82, 2.24) is 0 Å². The quantitative estimate of drug-likeness (QED) is 0.705. The van der Waals surface area contributed by atoms with E-state index in [-0.39, 0.29) is 5.91 Å². The molecule has 1 aromatic rings. The summed E-state index contributed by atoms with van der Waals surface area (Å²) in [5, 5.41) is 12.7. The predicted molar refractivity (Wildman–Crippen MR) is 54.0 cm³/mol. The van der Waals surface area contributed by atoms with Gasteiger partial charge in [0, 0.05) is 5.56 Å². The standard InChI is InChI=1S/C11H13NO2/c1-11(2,14)8-5-3-4-7-6-9(13)12-10(7)8/h3-5,14H,6H2,1-2H3,(H,12,13). The fourth-order valence-electron chi connectivity index (χ4n) is 1.76. The molecule has 1 aromatic carbocycles. The summed E-state index contributed by atoms with van der Waals surface area (Å²) in [5.41, 5.74) is 1.61. The van der Waals surface area contributed by atoms with Gasteiger partial charge in [0.25, 0.3) is 0 Å². The topological polar surface area (TPSA) is 49.3 Å². The molecule has 0 fully saturated rings. The number of benzene rings is 1. The molecule has 3 nitrogen and oxygen atoms in total. The highest BCUT2D eigenvalue weighted by Crippen LogP contribution is 2.33. The maximum Gasteiger partial charge on any atom is 0.228 e. The summed E-state index contributed by atoms with van der Waals surface area (Å²) >= 11 is 0. The largest absolute Gasteiger partial charge is 0.386 e. The van der Waals surface area contributed by atoms with E-state index in [4.69, 9.17) is 0 Å². The SMILES string of the molecule is CC(C)(O)c1cccc2c1NC(=O)C2. The van der Waals surface area contributed by atoms with Gasteiger partial charge in [0.05, 0.1) is 17.7 Å². The first-order valence-corrected chi connectivity index (χ1v) is 4.63. The molecule has 1 aliphatic heterocycles. The van der Waals surface area contributed by atoms with Crippen molar-refractivity contribution < 1.29 is 9.90 Å². The number of hydrogen-bond acceptors (Lipinski definition) is 2. The maximum atomic E-state index is 11.2. The fourth-order valence-corrected chi connectivity index (χ4v) is 1.76. The molecule has 74 valence electrons. The molecule has 14 heavy (non-hydrogen) atoms. The lowest BCUT2D eigenvalue weighted by atomic mass is 9.94. The van der Waals surface area contributed by atoms with Crippen LogP contribution >= 0.6 is 0 Å². The minimum atomic E-state index is -0.914. The van der Waals surface area contributed by atoms with Crippen molar-refractivity contribution in [2.45, 2.75) is 25.9 Å². The predicted octanol–water partition coefficient (Wildman–Crippen LogP) is 1.41. The van der Waals surface area contributed by atoms with Gasteiger partial charge in [0.1, 0.15) is 0 Å². The third-order valence-corrected chi connectivity index (χ3v) is 2.43. The molecule has 3 heteroatoms. The van der Waals surface area contributed by atoms with Crippen molar-refractivity contribution in [2.75, 3.05) is 5.32 Å². The molecule has 0 saturated heterocycles. The Kier molecular flexibility index (Phi) is 1.86. The van der Waals surface area contributed by atoms with Crippen LogP contribution in [-0.4, -0.2) is 11.0 Å². The summed E-state index contributed by atoms with van der Waals surface area (Å²) in [4.78, 5) is 11.2. The summed E-state index contributed by atoms with van der Waals surface area (Å²) < 4.78 is 0. The Morgan fingerprint density at radius 1 is 1.43 bits per heavy atom. The van der Waals surface area contributed by atoms with Gasteiger partial charge in [-0.15, -0.1) is 0 Å². The zero-order valence-electron chi connectivity index (χ0n) is 8.29. The Hall–Kier alpha value is -1.35. The van der Waals surface area contributed by atoms with Crippen LogP contribution < -0.4 is 5.32 Å². The number of rotatable bonds is 1. The average molecular weight is 191 g/mol. The number of amides is 1. The highest BCUT2D eigenvalue weighted by atomic mass is 16.3. The Balaban J connectivity index is 2.55. The molecule has 1 aliphatic rings. The molecule has 1 amide bonds. The van der Waals surface area contributed by atoms with Gasteiger partial charge in [-0.05, 0) is 19.4 Å². The molecule has 0 bridgehead atoms. The van der Waals surface area contributed by atoms with Gasteiger partial charge in [0.15, 0.2) is 0 Å².